The first-order valence-corrected chi connectivity index (χ1v) is 9.25. The molecule has 1 aliphatic heterocycles. The van der Waals surface area contributed by atoms with Crippen molar-refractivity contribution in [3.8, 4) is 0 Å². The molecule has 0 spiro atoms. The molecule has 3 aromatic rings. The van der Waals surface area contributed by atoms with E-state index in [1.807, 2.05) is 29.2 Å². The SMILES string of the molecule is CN1CCN(C(=O)c2cc3c(NC(=O)c4ccccc4)[nH]nc3s2)CC1. The average molecular weight is 369 g/mol. The number of aromatic nitrogens is 2. The van der Waals surface area contributed by atoms with Gasteiger partial charge < -0.3 is 15.1 Å². The van der Waals surface area contributed by atoms with E-state index in [1.165, 1.54) is 11.3 Å². The van der Waals surface area contributed by atoms with Crippen molar-refractivity contribution in [2.45, 2.75) is 0 Å². The van der Waals surface area contributed by atoms with E-state index in [-0.39, 0.29) is 11.8 Å². The van der Waals surface area contributed by atoms with Crippen molar-refractivity contribution in [1.29, 1.82) is 0 Å². The second kappa shape index (κ2) is 6.89. The zero-order chi connectivity index (χ0) is 18.1. The van der Waals surface area contributed by atoms with Gasteiger partial charge >= 0.3 is 0 Å². The molecule has 8 heteroatoms. The van der Waals surface area contributed by atoms with E-state index in [9.17, 15) is 9.59 Å². The van der Waals surface area contributed by atoms with Crippen LogP contribution in [0.5, 0.6) is 0 Å². The Bertz CT molecular complexity index is 941. The first-order valence-electron chi connectivity index (χ1n) is 8.44. The normalized spacial score (nSPS) is 15.3. The molecule has 4 rings (SSSR count). The number of hydrogen-bond donors (Lipinski definition) is 2. The Labute approximate surface area is 154 Å². The van der Waals surface area contributed by atoms with E-state index in [2.05, 4.69) is 27.5 Å². The van der Waals surface area contributed by atoms with Crippen LogP contribution in [0.25, 0.3) is 10.2 Å². The average Bonchev–Trinajstić information content (AvgIpc) is 3.24. The van der Waals surface area contributed by atoms with Crippen LogP contribution in [0.3, 0.4) is 0 Å². The van der Waals surface area contributed by atoms with E-state index < -0.39 is 0 Å². The maximum absolute atomic E-state index is 12.7. The molecule has 26 heavy (non-hydrogen) atoms. The van der Waals surface area contributed by atoms with E-state index in [0.717, 1.165) is 31.6 Å². The predicted octanol–water partition coefficient (Wildman–Crippen LogP) is 2.26. The number of hydrogen-bond acceptors (Lipinski definition) is 5. The molecule has 1 aromatic carbocycles. The Morgan fingerprint density at radius 1 is 1.15 bits per heavy atom. The number of aromatic amines is 1. The highest BCUT2D eigenvalue weighted by molar-refractivity contribution is 7.20. The van der Waals surface area contributed by atoms with Crippen LogP contribution < -0.4 is 5.32 Å². The fraction of sp³-hybridized carbons (Fsp3) is 0.278. The lowest BCUT2D eigenvalue weighted by Gasteiger charge is -2.32. The lowest BCUT2D eigenvalue weighted by molar-refractivity contribution is 0.0669. The molecule has 1 fully saturated rings. The number of thiophene rings is 1. The number of nitrogens with zero attached hydrogens (tertiary/aromatic N) is 3. The number of H-pyrrole nitrogens is 1. The highest BCUT2D eigenvalue weighted by atomic mass is 32.1. The van der Waals surface area contributed by atoms with Gasteiger partial charge in [-0.15, -0.1) is 11.3 Å². The van der Waals surface area contributed by atoms with Gasteiger partial charge in [-0.2, -0.15) is 5.10 Å². The number of likely N-dealkylation sites (N-methyl/N-ethyl adjacent to an activating group) is 1. The van der Waals surface area contributed by atoms with Crippen molar-refractivity contribution >= 4 is 39.2 Å². The summed E-state index contributed by atoms with van der Waals surface area (Å²) < 4.78 is 0. The van der Waals surface area contributed by atoms with Gasteiger partial charge in [-0.3, -0.25) is 14.7 Å². The number of benzene rings is 1. The van der Waals surface area contributed by atoms with Crippen LogP contribution in [0, 0.1) is 0 Å². The van der Waals surface area contributed by atoms with E-state index in [1.54, 1.807) is 12.1 Å². The lowest BCUT2D eigenvalue weighted by atomic mass is 10.2. The highest BCUT2D eigenvalue weighted by Gasteiger charge is 2.23. The van der Waals surface area contributed by atoms with Crippen molar-refractivity contribution in [3.05, 3.63) is 46.8 Å². The molecule has 1 aliphatic rings. The van der Waals surface area contributed by atoms with Crippen LogP contribution in [-0.2, 0) is 0 Å². The minimum atomic E-state index is -0.214. The molecule has 0 aliphatic carbocycles. The van der Waals surface area contributed by atoms with Crippen molar-refractivity contribution in [2.24, 2.45) is 0 Å². The maximum atomic E-state index is 12.7. The number of amides is 2. The minimum Gasteiger partial charge on any atom is -0.335 e. The number of rotatable bonds is 3. The van der Waals surface area contributed by atoms with Gasteiger partial charge in [0.25, 0.3) is 11.8 Å². The Balaban J connectivity index is 1.53. The Kier molecular flexibility index (Phi) is 4.44. The molecule has 134 valence electrons. The van der Waals surface area contributed by atoms with Crippen molar-refractivity contribution in [1.82, 2.24) is 20.0 Å². The molecular weight excluding hydrogens is 350 g/mol. The standard InChI is InChI=1S/C18H19N5O2S/c1-22-7-9-23(10-8-22)18(25)14-11-13-15(20-21-17(13)26-14)19-16(24)12-5-3-2-4-6-12/h2-6,11H,7-10H2,1H3,(H2,19,20,21,24). The first-order chi connectivity index (χ1) is 12.6. The van der Waals surface area contributed by atoms with Gasteiger partial charge in [-0.1, -0.05) is 18.2 Å². The largest absolute Gasteiger partial charge is 0.335 e. The number of carbonyl (C=O) groups excluding carboxylic acids is 2. The van der Waals surface area contributed by atoms with Gasteiger partial charge in [0, 0.05) is 31.7 Å². The minimum absolute atomic E-state index is 0.0291. The number of anilines is 1. The van der Waals surface area contributed by atoms with Crippen LogP contribution in [-0.4, -0.2) is 65.0 Å². The van der Waals surface area contributed by atoms with E-state index >= 15 is 0 Å². The van der Waals surface area contributed by atoms with Crippen molar-refractivity contribution < 1.29 is 9.59 Å². The summed E-state index contributed by atoms with van der Waals surface area (Å²) in [6.07, 6.45) is 0. The van der Waals surface area contributed by atoms with Gasteiger partial charge in [0.05, 0.1) is 10.3 Å². The van der Waals surface area contributed by atoms with Gasteiger partial charge in [0.2, 0.25) is 0 Å². The van der Waals surface area contributed by atoms with Gasteiger partial charge in [-0.25, -0.2) is 0 Å². The van der Waals surface area contributed by atoms with Gasteiger partial charge in [-0.05, 0) is 25.2 Å². The third kappa shape index (κ3) is 3.21. The third-order valence-corrected chi connectivity index (χ3v) is 5.54. The molecule has 7 nitrogen and oxygen atoms in total. The van der Waals surface area contributed by atoms with Crippen molar-refractivity contribution in [3.63, 3.8) is 0 Å². The second-order valence-corrected chi connectivity index (χ2v) is 7.37. The van der Waals surface area contributed by atoms with Crippen LogP contribution in [0.2, 0.25) is 0 Å². The summed E-state index contributed by atoms with van der Waals surface area (Å²) in [7, 11) is 2.06. The molecule has 0 saturated carbocycles. The highest BCUT2D eigenvalue weighted by Crippen LogP contribution is 2.30. The molecule has 2 N–H and O–H groups in total. The maximum Gasteiger partial charge on any atom is 0.264 e. The molecule has 3 heterocycles. The molecule has 2 amide bonds. The fourth-order valence-corrected chi connectivity index (χ4v) is 3.92. The van der Waals surface area contributed by atoms with Crippen LogP contribution in [0.1, 0.15) is 20.0 Å². The third-order valence-electron chi connectivity index (χ3n) is 4.53. The molecular formula is C18H19N5O2S. The topological polar surface area (TPSA) is 81.3 Å². The molecule has 0 atom stereocenters. The molecule has 2 aromatic heterocycles. The summed E-state index contributed by atoms with van der Waals surface area (Å²) in [5.41, 5.74) is 0.569. The second-order valence-electron chi connectivity index (χ2n) is 6.34. The number of nitrogens with one attached hydrogen (secondary N) is 2. The Hall–Kier alpha value is -2.71. The van der Waals surface area contributed by atoms with E-state index in [0.29, 0.717) is 21.1 Å². The van der Waals surface area contributed by atoms with Crippen LogP contribution in [0.4, 0.5) is 5.82 Å². The number of piperazine rings is 1. The number of fused-ring (bicyclic) bond motifs is 1. The molecule has 0 bridgehead atoms. The molecule has 0 radical (unpaired) electrons. The Morgan fingerprint density at radius 2 is 1.88 bits per heavy atom. The lowest BCUT2D eigenvalue weighted by Crippen LogP contribution is -2.46. The summed E-state index contributed by atoms with van der Waals surface area (Å²) in [5, 5.41) is 10.7. The zero-order valence-corrected chi connectivity index (χ0v) is 15.2. The molecule has 1 saturated heterocycles. The summed E-state index contributed by atoms with van der Waals surface area (Å²) in [6, 6.07) is 10.8. The van der Waals surface area contributed by atoms with E-state index in [4.69, 9.17) is 0 Å². The van der Waals surface area contributed by atoms with Crippen LogP contribution >= 0.6 is 11.3 Å². The summed E-state index contributed by atoms with van der Waals surface area (Å²) in [6.45, 7) is 3.23. The fourth-order valence-electron chi connectivity index (χ4n) is 2.95. The Morgan fingerprint density at radius 3 is 2.62 bits per heavy atom. The monoisotopic (exact) mass is 369 g/mol. The predicted molar refractivity (Wildman–Crippen MR) is 102 cm³/mol. The smallest absolute Gasteiger partial charge is 0.264 e. The number of carbonyl (C=O) groups is 2. The first kappa shape index (κ1) is 16.7. The molecule has 0 unspecified atom stereocenters. The summed E-state index contributed by atoms with van der Waals surface area (Å²) in [4.78, 5) is 30.5. The van der Waals surface area contributed by atoms with Crippen molar-refractivity contribution in [2.75, 3.05) is 38.5 Å². The van der Waals surface area contributed by atoms with Crippen LogP contribution in [0.15, 0.2) is 36.4 Å². The van der Waals surface area contributed by atoms with Gasteiger partial charge in [0.15, 0.2) is 0 Å². The summed E-state index contributed by atoms with van der Waals surface area (Å²) >= 11 is 1.35. The zero-order valence-electron chi connectivity index (χ0n) is 14.4. The quantitative estimate of drug-likeness (QED) is 0.742. The van der Waals surface area contributed by atoms with Gasteiger partial charge in [0.1, 0.15) is 10.6 Å². The summed E-state index contributed by atoms with van der Waals surface area (Å²) in [5.74, 6) is 0.332.